The van der Waals surface area contributed by atoms with Gasteiger partial charge in [-0.05, 0) is 25.1 Å². The molecule has 0 bridgehead atoms. The van der Waals surface area contributed by atoms with Gasteiger partial charge in [-0.2, -0.15) is 0 Å². The highest BCUT2D eigenvalue weighted by Crippen LogP contribution is 2.21. The number of methoxy groups -OCH3 is 1. The van der Waals surface area contributed by atoms with E-state index in [-0.39, 0.29) is 28.7 Å². The monoisotopic (exact) mass is 326 g/mol. The molecule has 0 saturated heterocycles. The smallest absolute Gasteiger partial charge is 0.374 e. The summed E-state index contributed by atoms with van der Waals surface area (Å²) >= 11 is 5.77. The molecule has 5 nitrogen and oxygen atoms in total. The van der Waals surface area contributed by atoms with Gasteiger partial charge in [-0.25, -0.2) is 14.0 Å². The van der Waals surface area contributed by atoms with Crippen LogP contribution < -0.4 is 0 Å². The van der Waals surface area contributed by atoms with Gasteiger partial charge < -0.3 is 13.9 Å². The van der Waals surface area contributed by atoms with Crippen LogP contribution in [-0.4, -0.2) is 19.0 Å². The van der Waals surface area contributed by atoms with Gasteiger partial charge in [0.15, 0.2) is 0 Å². The van der Waals surface area contributed by atoms with E-state index in [9.17, 15) is 14.0 Å². The molecule has 2 aromatic rings. The number of ether oxygens (including phenoxy) is 2. The summed E-state index contributed by atoms with van der Waals surface area (Å²) in [5, 5.41) is -0.0455. The van der Waals surface area contributed by atoms with Crippen molar-refractivity contribution in [1.82, 2.24) is 0 Å². The van der Waals surface area contributed by atoms with Gasteiger partial charge in [0, 0.05) is 5.56 Å². The average molecular weight is 327 g/mol. The van der Waals surface area contributed by atoms with Crippen LogP contribution in [0.15, 0.2) is 28.7 Å². The molecule has 0 aliphatic carbocycles. The van der Waals surface area contributed by atoms with Crippen LogP contribution in [0.1, 0.15) is 32.2 Å². The van der Waals surface area contributed by atoms with Crippen molar-refractivity contribution in [3.8, 4) is 0 Å². The fourth-order valence-electron chi connectivity index (χ4n) is 1.82. The van der Waals surface area contributed by atoms with Crippen LogP contribution in [-0.2, 0) is 16.1 Å². The zero-order valence-corrected chi connectivity index (χ0v) is 12.6. The van der Waals surface area contributed by atoms with Crippen molar-refractivity contribution in [2.75, 3.05) is 7.11 Å². The van der Waals surface area contributed by atoms with E-state index in [1.807, 2.05) is 0 Å². The molecule has 0 amide bonds. The molecule has 0 aliphatic rings. The Morgan fingerprint density at radius 2 is 2.05 bits per heavy atom. The predicted octanol–water partition coefficient (Wildman–Crippen LogP) is 3.52. The van der Waals surface area contributed by atoms with Crippen molar-refractivity contribution in [1.29, 1.82) is 0 Å². The maximum Gasteiger partial charge on any atom is 0.374 e. The largest absolute Gasteiger partial charge is 0.463 e. The fraction of sp³-hybridized carbons (Fsp3) is 0.200. The standard InChI is InChI=1S/C15H12ClFO5/c1-8-6-9(22-13(8)15(19)20-2)7-21-14(18)12-10(16)4-3-5-11(12)17/h3-6H,7H2,1-2H3. The van der Waals surface area contributed by atoms with E-state index in [0.717, 1.165) is 6.07 Å². The van der Waals surface area contributed by atoms with Crippen LogP contribution in [0.25, 0.3) is 0 Å². The number of carbonyl (C=O) groups excluding carboxylic acids is 2. The molecule has 0 saturated carbocycles. The number of hydrogen-bond donors (Lipinski definition) is 0. The third kappa shape index (κ3) is 3.28. The van der Waals surface area contributed by atoms with Crippen molar-refractivity contribution < 1.29 is 27.9 Å². The summed E-state index contributed by atoms with van der Waals surface area (Å²) in [6.45, 7) is 1.39. The van der Waals surface area contributed by atoms with E-state index in [1.54, 1.807) is 6.92 Å². The number of aryl methyl sites for hydroxylation is 1. The molecule has 2 rings (SSSR count). The second-order valence-electron chi connectivity index (χ2n) is 4.39. The highest BCUT2D eigenvalue weighted by Gasteiger charge is 2.20. The normalized spacial score (nSPS) is 10.4. The first-order valence-electron chi connectivity index (χ1n) is 6.22. The second kappa shape index (κ2) is 6.62. The Bertz CT molecular complexity index is 702. The SMILES string of the molecule is COC(=O)c1oc(COC(=O)c2c(F)cccc2Cl)cc1C. The number of benzene rings is 1. The molecule has 0 radical (unpaired) electrons. The molecule has 0 fully saturated rings. The lowest BCUT2D eigenvalue weighted by molar-refractivity contribution is 0.0433. The number of esters is 2. The fourth-order valence-corrected chi connectivity index (χ4v) is 2.06. The van der Waals surface area contributed by atoms with E-state index in [1.165, 1.54) is 25.3 Å². The predicted molar refractivity (Wildman–Crippen MR) is 75.3 cm³/mol. The summed E-state index contributed by atoms with van der Waals surface area (Å²) in [6, 6.07) is 5.40. The van der Waals surface area contributed by atoms with Crippen molar-refractivity contribution >= 4 is 23.5 Å². The number of halogens is 2. The van der Waals surface area contributed by atoms with Crippen molar-refractivity contribution in [3.05, 3.63) is 57.8 Å². The minimum Gasteiger partial charge on any atom is -0.463 e. The van der Waals surface area contributed by atoms with E-state index in [4.69, 9.17) is 20.8 Å². The molecule has 22 heavy (non-hydrogen) atoms. The lowest BCUT2D eigenvalue weighted by Crippen LogP contribution is -2.08. The Morgan fingerprint density at radius 1 is 1.32 bits per heavy atom. The second-order valence-corrected chi connectivity index (χ2v) is 4.80. The molecule has 0 aliphatic heterocycles. The number of carbonyl (C=O) groups is 2. The zero-order valence-electron chi connectivity index (χ0n) is 11.8. The topological polar surface area (TPSA) is 65.7 Å². The third-order valence-corrected chi connectivity index (χ3v) is 3.17. The Morgan fingerprint density at radius 3 is 2.68 bits per heavy atom. The molecule has 1 heterocycles. The average Bonchev–Trinajstić information content (AvgIpc) is 2.85. The van der Waals surface area contributed by atoms with Gasteiger partial charge in [0.1, 0.15) is 23.7 Å². The van der Waals surface area contributed by atoms with Crippen LogP contribution in [0.2, 0.25) is 5.02 Å². The Labute approximate surface area is 130 Å². The van der Waals surface area contributed by atoms with Crippen LogP contribution in [0.4, 0.5) is 4.39 Å². The van der Waals surface area contributed by atoms with Gasteiger partial charge in [-0.1, -0.05) is 17.7 Å². The Hall–Kier alpha value is -2.34. The van der Waals surface area contributed by atoms with E-state index >= 15 is 0 Å². The summed E-state index contributed by atoms with van der Waals surface area (Å²) in [7, 11) is 1.23. The summed E-state index contributed by atoms with van der Waals surface area (Å²) in [6.07, 6.45) is 0. The minimum absolute atomic E-state index is 0.0254. The van der Waals surface area contributed by atoms with Crippen molar-refractivity contribution in [3.63, 3.8) is 0 Å². The van der Waals surface area contributed by atoms with Gasteiger partial charge in [0.05, 0.1) is 12.1 Å². The first-order valence-corrected chi connectivity index (χ1v) is 6.60. The first-order chi connectivity index (χ1) is 10.4. The first kappa shape index (κ1) is 16.0. The number of rotatable bonds is 4. The van der Waals surface area contributed by atoms with Crippen molar-refractivity contribution in [2.24, 2.45) is 0 Å². The molecular weight excluding hydrogens is 315 g/mol. The summed E-state index contributed by atoms with van der Waals surface area (Å²) < 4.78 is 28.3. The van der Waals surface area contributed by atoms with Crippen LogP contribution >= 0.6 is 11.6 Å². The third-order valence-electron chi connectivity index (χ3n) is 2.85. The summed E-state index contributed by atoms with van der Waals surface area (Å²) in [5.41, 5.74) is 0.197. The van der Waals surface area contributed by atoms with Crippen LogP contribution in [0.3, 0.4) is 0 Å². The molecule has 0 unspecified atom stereocenters. The van der Waals surface area contributed by atoms with Crippen LogP contribution in [0.5, 0.6) is 0 Å². The van der Waals surface area contributed by atoms with E-state index < -0.39 is 17.8 Å². The van der Waals surface area contributed by atoms with Crippen LogP contribution in [0, 0.1) is 12.7 Å². The molecule has 7 heteroatoms. The molecule has 1 aromatic heterocycles. The molecule has 0 N–H and O–H groups in total. The zero-order chi connectivity index (χ0) is 16.3. The van der Waals surface area contributed by atoms with Gasteiger partial charge in [0.2, 0.25) is 5.76 Å². The maximum absolute atomic E-state index is 13.6. The maximum atomic E-state index is 13.6. The summed E-state index contributed by atoms with van der Waals surface area (Å²) in [4.78, 5) is 23.3. The minimum atomic E-state index is -0.920. The molecule has 0 atom stereocenters. The van der Waals surface area contributed by atoms with Crippen molar-refractivity contribution in [2.45, 2.75) is 13.5 Å². The van der Waals surface area contributed by atoms with Gasteiger partial charge in [0.25, 0.3) is 0 Å². The molecule has 1 aromatic carbocycles. The Kier molecular flexibility index (Phi) is 4.82. The molecule has 0 spiro atoms. The highest BCUT2D eigenvalue weighted by atomic mass is 35.5. The lowest BCUT2D eigenvalue weighted by atomic mass is 10.2. The number of furan rings is 1. The van der Waals surface area contributed by atoms with Gasteiger partial charge >= 0.3 is 11.9 Å². The van der Waals surface area contributed by atoms with Gasteiger partial charge in [-0.15, -0.1) is 0 Å². The summed E-state index contributed by atoms with van der Waals surface area (Å²) in [5.74, 6) is -2.07. The Balaban J connectivity index is 2.10. The quantitative estimate of drug-likeness (QED) is 0.804. The van der Waals surface area contributed by atoms with E-state index in [0.29, 0.717) is 5.56 Å². The molecule has 116 valence electrons. The number of hydrogen-bond acceptors (Lipinski definition) is 5. The molecular formula is C15H12ClFO5. The highest BCUT2D eigenvalue weighted by molar-refractivity contribution is 6.33. The van der Waals surface area contributed by atoms with E-state index in [2.05, 4.69) is 4.74 Å². The lowest BCUT2D eigenvalue weighted by Gasteiger charge is -2.05. The van der Waals surface area contributed by atoms with Gasteiger partial charge in [-0.3, -0.25) is 0 Å².